The van der Waals surface area contributed by atoms with Crippen molar-refractivity contribution in [2.75, 3.05) is 20.2 Å². The summed E-state index contributed by atoms with van der Waals surface area (Å²) in [6, 6.07) is 6.78. The van der Waals surface area contributed by atoms with Crippen molar-refractivity contribution >= 4 is 15.9 Å². The molecule has 0 fully saturated rings. The number of amides is 1. The van der Waals surface area contributed by atoms with Gasteiger partial charge in [0.2, 0.25) is 10.0 Å². The molecule has 9 heteroatoms. The lowest BCUT2D eigenvalue weighted by Crippen LogP contribution is -2.35. The number of carbonyl (C=O) groups excluding carboxylic acids is 1. The summed E-state index contributed by atoms with van der Waals surface area (Å²) in [5, 5.41) is 6.26. The number of rotatable bonds is 7. The van der Waals surface area contributed by atoms with E-state index in [4.69, 9.17) is 9.26 Å². The average Bonchev–Trinajstić information content (AvgIpc) is 2.90. The van der Waals surface area contributed by atoms with Crippen LogP contribution in [0.3, 0.4) is 0 Å². The van der Waals surface area contributed by atoms with Gasteiger partial charge >= 0.3 is 0 Å². The van der Waals surface area contributed by atoms with E-state index >= 15 is 0 Å². The molecule has 0 spiro atoms. The fraction of sp³-hybridized carbons (Fsp3) is 0.333. The largest absolute Gasteiger partial charge is 0.496 e. The third kappa shape index (κ3) is 3.92. The lowest BCUT2D eigenvalue weighted by molar-refractivity contribution is 0.0951. The number of sulfonamides is 1. The second-order valence-electron chi connectivity index (χ2n) is 5.01. The van der Waals surface area contributed by atoms with E-state index in [9.17, 15) is 13.2 Å². The van der Waals surface area contributed by atoms with E-state index in [1.165, 1.54) is 14.0 Å². The minimum atomic E-state index is -3.74. The maximum atomic E-state index is 12.2. The van der Waals surface area contributed by atoms with E-state index in [1.54, 1.807) is 31.2 Å². The van der Waals surface area contributed by atoms with Gasteiger partial charge in [0.15, 0.2) is 5.76 Å². The van der Waals surface area contributed by atoms with Gasteiger partial charge in [-0.15, -0.1) is 0 Å². The van der Waals surface area contributed by atoms with Crippen LogP contribution < -0.4 is 14.8 Å². The van der Waals surface area contributed by atoms with Crippen molar-refractivity contribution in [3.8, 4) is 5.75 Å². The highest BCUT2D eigenvalue weighted by atomic mass is 32.2. The number of hydrogen-bond acceptors (Lipinski definition) is 6. The minimum Gasteiger partial charge on any atom is -0.496 e. The van der Waals surface area contributed by atoms with Crippen molar-refractivity contribution in [3.63, 3.8) is 0 Å². The third-order valence-corrected chi connectivity index (χ3v) is 5.00. The first-order valence-corrected chi connectivity index (χ1v) is 8.69. The van der Waals surface area contributed by atoms with E-state index in [2.05, 4.69) is 15.2 Å². The number of aryl methyl sites for hydroxylation is 2. The molecule has 0 bridgehead atoms. The molecule has 24 heavy (non-hydrogen) atoms. The molecule has 0 saturated carbocycles. The molecule has 0 saturated heterocycles. The molecule has 0 unspecified atom stereocenters. The number of ether oxygens (including phenoxy) is 1. The van der Waals surface area contributed by atoms with Crippen LogP contribution in [0.15, 0.2) is 33.7 Å². The van der Waals surface area contributed by atoms with Gasteiger partial charge in [0.1, 0.15) is 16.3 Å². The summed E-state index contributed by atoms with van der Waals surface area (Å²) in [6.45, 7) is 3.24. The molecule has 0 aliphatic rings. The number of carbonyl (C=O) groups is 1. The molecule has 0 aliphatic heterocycles. The van der Waals surface area contributed by atoms with Gasteiger partial charge in [0.25, 0.3) is 5.91 Å². The second kappa shape index (κ2) is 7.45. The van der Waals surface area contributed by atoms with E-state index in [0.717, 1.165) is 0 Å². The Morgan fingerprint density at radius 1 is 1.25 bits per heavy atom. The van der Waals surface area contributed by atoms with E-state index in [-0.39, 0.29) is 35.3 Å². The Kier molecular flexibility index (Phi) is 5.58. The maximum Gasteiger partial charge on any atom is 0.255 e. The van der Waals surface area contributed by atoms with Crippen LogP contribution in [0.5, 0.6) is 5.75 Å². The highest BCUT2D eigenvalue weighted by molar-refractivity contribution is 7.89. The predicted octanol–water partition coefficient (Wildman–Crippen LogP) is 1.01. The van der Waals surface area contributed by atoms with Crippen molar-refractivity contribution in [3.05, 3.63) is 41.3 Å². The summed E-state index contributed by atoms with van der Waals surface area (Å²) < 4.78 is 36.8. The first-order valence-electron chi connectivity index (χ1n) is 7.20. The fourth-order valence-corrected chi connectivity index (χ4v) is 3.58. The Balaban J connectivity index is 1.92. The average molecular weight is 353 g/mol. The van der Waals surface area contributed by atoms with E-state index < -0.39 is 10.0 Å². The number of methoxy groups -OCH3 is 1. The van der Waals surface area contributed by atoms with Crippen molar-refractivity contribution in [2.45, 2.75) is 18.7 Å². The molecule has 0 radical (unpaired) electrons. The van der Waals surface area contributed by atoms with Gasteiger partial charge in [-0.3, -0.25) is 4.79 Å². The first kappa shape index (κ1) is 18.0. The van der Waals surface area contributed by atoms with Gasteiger partial charge in [-0.25, -0.2) is 13.1 Å². The second-order valence-corrected chi connectivity index (χ2v) is 6.71. The van der Waals surface area contributed by atoms with Gasteiger partial charge < -0.3 is 14.6 Å². The molecule has 1 aromatic carbocycles. The van der Waals surface area contributed by atoms with Gasteiger partial charge in [-0.2, -0.15) is 0 Å². The smallest absolute Gasteiger partial charge is 0.255 e. The molecule has 1 aromatic heterocycles. The Bertz CT molecular complexity index is 810. The maximum absolute atomic E-state index is 12.2. The molecule has 2 aromatic rings. The third-order valence-electron chi connectivity index (χ3n) is 3.29. The van der Waals surface area contributed by atoms with Gasteiger partial charge in [-0.1, -0.05) is 17.3 Å². The molecule has 130 valence electrons. The van der Waals surface area contributed by atoms with Crippen LogP contribution in [0.25, 0.3) is 0 Å². The van der Waals surface area contributed by atoms with Crippen LogP contribution in [0.4, 0.5) is 0 Å². The Hall–Kier alpha value is -2.39. The monoisotopic (exact) mass is 353 g/mol. The number of benzene rings is 1. The van der Waals surface area contributed by atoms with Gasteiger partial charge in [-0.05, 0) is 26.0 Å². The molecular weight excluding hydrogens is 334 g/mol. The SMILES string of the molecule is COc1ccccc1C(=O)NCCNS(=O)(=O)c1c(C)noc1C. The van der Waals surface area contributed by atoms with E-state index in [0.29, 0.717) is 11.3 Å². The molecule has 8 nitrogen and oxygen atoms in total. The van der Waals surface area contributed by atoms with Crippen LogP contribution in [-0.4, -0.2) is 39.7 Å². The van der Waals surface area contributed by atoms with Crippen LogP contribution in [0.2, 0.25) is 0 Å². The summed E-state index contributed by atoms with van der Waals surface area (Å²) >= 11 is 0. The van der Waals surface area contributed by atoms with Crippen LogP contribution in [-0.2, 0) is 10.0 Å². The van der Waals surface area contributed by atoms with Gasteiger partial charge in [0, 0.05) is 13.1 Å². The molecule has 2 N–H and O–H groups in total. The topological polar surface area (TPSA) is 111 Å². The van der Waals surface area contributed by atoms with Gasteiger partial charge in [0.05, 0.1) is 12.7 Å². The highest BCUT2D eigenvalue weighted by Gasteiger charge is 2.23. The van der Waals surface area contributed by atoms with Crippen LogP contribution >= 0.6 is 0 Å². The molecule has 1 heterocycles. The fourth-order valence-electron chi connectivity index (χ4n) is 2.22. The van der Waals surface area contributed by atoms with Crippen molar-refractivity contribution in [2.24, 2.45) is 0 Å². The normalized spacial score (nSPS) is 11.3. The minimum absolute atomic E-state index is 0.0264. The Morgan fingerprint density at radius 2 is 1.96 bits per heavy atom. The summed E-state index contributed by atoms with van der Waals surface area (Å²) in [5.74, 6) is 0.327. The zero-order valence-corrected chi connectivity index (χ0v) is 14.4. The molecular formula is C15H19N3O5S. The molecule has 0 atom stereocenters. The Labute approximate surface area is 140 Å². The first-order chi connectivity index (χ1) is 11.4. The zero-order valence-electron chi connectivity index (χ0n) is 13.6. The Morgan fingerprint density at radius 3 is 2.58 bits per heavy atom. The molecule has 1 amide bonds. The van der Waals surface area contributed by atoms with Crippen molar-refractivity contribution in [1.29, 1.82) is 0 Å². The van der Waals surface area contributed by atoms with Crippen LogP contribution in [0, 0.1) is 13.8 Å². The lowest BCUT2D eigenvalue weighted by atomic mass is 10.2. The summed E-state index contributed by atoms with van der Waals surface area (Å²) in [5.41, 5.74) is 0.673. The number of para-hydroxylation sites is 1. The number of nitrogens with one attached hydrogen (secondary N) is 2. The standard InChI is InChI=1S/C15H19N3O5S/c1-10-14(11(2)23-18-10)24(20,21)17-9-8-16-15(19)12-6-4-5-7-13(12)22-3/h4-7,17H,8-9H2,1-3H3,(H,16,19). The number of aromatic nitrogens is 1. The molecule has 0 aliphatic carbocycles. The van der Waals surface area contributed by atoms with Crippen molar-refractivity contribution in [1.82, 2.24) is 15.2 Å². The quantitative estimate of drug-likeness (QED) is 0.719. The lowest BCUT2D eigenvalue weighted by Gasteiger charge is -2.10. The number of nitrogens with zero attached hydrogens (tertiary/aromatic N) is 1. The van der Waals surface area contributed by atoms with Crippen LogP contribution in [0.1, 0.15) is 21.8 Å². The number of hydrogen-bond donors (Lipinski definition) is 2. The van der Waals surface area contributed by atoms with E-state index in [1.807, 2.05) is 0 Å². The zero-order chi connectivity index (χ0) is 17.7. The predicted molar refractivity (Wildman–Crippen MR) is 86.5 cm³/mol. The summed E-state index contributed by atoms with van der Waals surface area (Å²) in [7, 11) is -2.26. The summed E-state index contributed by atoms with van der Waals surface area (Å²) in [6.07, 6.45) is 0. The van der Waals surface area contributed by atoms with Crippen molar-refractivity contribution < 1.29 is 22.5 Å². The highest BCUT2D eigenvalue weighted by Crippen LogP contribution is 2.18. The molecule has 2 rings (SSSR count). The summed E-state index contributed by atoms with van der Waals surface area (Å²) in [4.78, 5) is 12.1.